The number of halogens is 1. The van der Waals surface area contributed by atoms with Gasteiger partial charge in [-0.15, -0.1) is 6.58 Å². The van der Waals surface area contributed by atoms with E-state index >= 15 is 0 Å². The van der Waals surface area contributed by atoms with Crippen molar-refractivity contribution in [1.82, 2.24) is 19.9 Å². The lowest BCUT2D eigenvalue weighted by Gasteiger charge is -2.01. The molecule has 0 unspecified atom stereocenters. The first kappa shape index (κ1) is 17.1. The van der Waals surface area contributed by atoms with E-state index in [1.54, 1.807) is 23.5 Å². The number of hydrogen-bond donors (Lipinski definition) is 1. The van der Waals surface area contributed by atoms with Gasteiger partial charge < -0.3 is 9.88 Å². The van der Waals surface area contributed by atoms with Crippen LogP contribution in [0.3, 0.4) is 0 Å². The van der Waals surface area contributed by atoms with Gasteiger partial charge in [0.05, 0.1) is 11.9 Å². The molecule has 0 fully saturated rings. The summed E-state index contributed by atoms with van der Waals surface area (Å²) in [4.78, 5) is 17.1. The van der Waals surface area contributed by atoms with E-state index in [1.165, 1.54) is 0 Å². The van der Waals surface area contributed by atoms with Gasteiger partial charge in [-0.3, -0.25) is 0 Å². The molecule has 0 aliphatic heterocycles. The fraction of sp³-hybridized carbons (Fsp3) is 0.308. The van der Waals surface area contributed by atoms with Crippen LogP contribution in [0.15, 0.2) is 29.9 Å². The number of fused-ring (bicyclic) bond motifs is 1. The van der Waals surface area contributed by atoms with E-state index in [2.05, 4.69) is 26.5 Å². The maximum absolute atomic E-state index is 5.95. The van der Waals surface area contributed by atoms with E-state index in [1.807, 2.05) is 27.1 Å². The minimum Gasteiger partial charge on any atom is -0.369 e. The number of nitrogens with one attached hydrogen (secondary N) is 1. The van der Waals surface area contributed by atoms with E-state index in [4.69, 9.17) is 11.6 Å². The van der Waals surface area contributed by atoms with E-state index in [-0.39, 0.29) is 7.43 Å². The summed E-state index contributed by atoms with van der Waals surface area (Å²) in [6.45, 7) is 5.25. The quantitative estimate of drug-likeness (QED) is 0.395. The van der Waals surface area contributed by atoms with Gasteiger partial charge in [0, 0.05) is 20.3 Å². The molecule has 0 aliphatic carbocycles. The minimum absolute atomic E-state index is 0. The molecular weight excluding hydrogens is 262 g/mol. The summed E-state index contributed by atoms with van der Waals surface area (Å²) in [6, 6.07) is 1.83. The van der Waals surface area contributed by atoms with Crippen LogP contribution in [0.4, 0.5) is 5.95 Å². The Hall–Kier alpha value is -1.88. The van der Waals surface area contributed by atoms with E-state index in [0.717, 1.165) is 11.0 Å². The van der Waals surface area contributed by atoms with Gasteiger partial charge in [0.25, 0.3) is 5.95 Å². The lowest BCUT2D eigenvalue weighted by molar-refractivity contribution is 0.642. The van der Waals surface area contributed by atoms with E-state index in [0.29, 0.717) is 11.1 Å². The molecule has 0 amide bonds. The van der Waals surface area contributed by atoms with Crippen LogP contribution in [0.2, 0.25) is 5.15 Å². The first-order valence-corrected chi connectivity index (χ1v) is 5.74. The van der Waals surface area contributed by atoms with Crippen LogP contribution in [0.1, 0.15) is 14.4 Å². The van der Waals surface area contributed by atoms with Crippen LogP contribution in [0.25, 0.3) is 11.0 Å². The zero-order valence-corrected chi connectivity index (χ0v) is 11.4. The normalized spacial score (nSPS) is 9.68. The first-order valence-electron chi connectivity index (χ1n) is 5.36. The summed E-state index contributed by atoms with van der Waals surface area (Å²) >= 11 is 5.95. The fourth-order valence-electron chi connectivity index (χ4n) is 1.12. The number of aliphatic imine (C=N–C) groups is 1. The Bertz CT molecular complexity index is 545. The Morgan fingerprint density at radius 2 is 2.05 bits per heavy atom. The lowest BCUT2D eigenvalue weighted by atomic mass is 10.5. The van der Waals surface area contributed by atoms with Crippen LogP contribution >= 0.6 is 11.6 Å². The average molecular weight is 282 g/mol. The summed E-state index contributed by atoms with van der Waals surface area (Å²) in [5.41, 5.74) is 1.50. The van der Waals surface area contributed by atoms with Crippen molar-refractivity contribution in [2.45, 2.75) is 14.4 Å². The molecule has 2 aromatic rings. The molecule has 2 rings (SSSR count). The minimum atomic E-state index is 0. The van der Waals surface area contributed by atoms with Crippen molar-refractivity contribution in [3.05, 3.63) is 30.1 Å². The van der Waals surface area contributed by atoms with Gasteiger partial charge in [0.15, 0.2) is 5.15 Å². The molecule has 0 saturated heterocycles. The Morgan fingerprint density at radius 1 is 1.42 bits per heavy atom. The molecule has 1 N–H and O–H groups in total. The molecule has 0 saturated carbocycles. The van der Waals surface area contributed by atoms with Gasteiger partial charge in [0.2, 0.25) is 0 Å². The lowest BCUT2D eigenvalue weighted by Crippen LogP contribution is -2.07. The topological polar surface area (TPSA) is 57.2 Å². The summed E-state index contributed by atoms with van der Waals surface area (Å²) in [7, 11) is 3.75. The van der Waals surface area contributed by atoms with Crippen molar-refractivity contribution < 1.29 is 0 Å². The molecule has 5 nitrogen and oxygen atoms in total. The van der Waals surface area contributed by atoms with Crippen LogP contribution in [0, 0.1) is 0 Å². The molecule has 0 atom stereocenters. The molecule has 104 valence electrons. The Labute approximate surface area is 119 Å². The van der Waals surface area contributed by atoms with Crippen molar-refractivity contribution in [3.63, 3.8) is 0 Å². The van der Waals surface area contributed by atoms with Crippen molar-refractivity contribution in [2.75, 3.05) is 14.1 Å². The van der Waals surface area contributed by atoms with Gasteiger partial charge in [0.1, 0.15) is 5.52 Å². The van der Waals surface area contributed by atoms with E-state index < -0.39 is 0 Å². The van der Waals surface area contributed by atoms with Gasteiger partial charge >= 0.3 is 0 Å². The second kappa shape index (κ2) is 8.26. The van der Waals surface area contributed by atoms with Gasteiger partial charge in [-0.1, -0.05) is 25.1 Å². The highest BCUT2D eigenvalue weighted by atomic mass is 35.5. The first-order chi connectivity index (χ1) is 8.58. The zero-order chi connectivity index (χ0) is 13.5. The number of allylic oxidation sites excluding steroid dienone is 1. The highest BCUT2D eigenvalue weighted by Crippen LogP contribution is 2.20. The molecule has 0 radical (unpaired) electrons. The molecule has 0 aromatic carbocycles. The second-order valence-electron chi connectivity index (χ2n) is 3.67. The monoisotopic (exact) mass is 281 g/mol. The van der Waals surface area contributed by atoms with Crippen LogP contribution < -0.4 is 0 Å². The third kappa shape index (κ3) is 5.09. The predicted molar refractivity (Wildman–Crippen MR) is 83.3 cm³/mol. The zero-order valence-electron chi connectivity index (χ0n) is 10.7. The number of nitrogens with zero attached hydrogens (tertiary/aromatic N) is 4. The Kier molecular flexibility index (Phi) is 7.44. The van der Waals surface area contributed by atoms with Gasteiger partial charge in [-0.05, 0) is 13.0 Å². The molecule has 2 heterocycles. The second-order valence-corrected chi connectivity index (χ2v) is 4.03. The SMILES string of the molecule is C.C=CC.CN(C)/C=N/c1nc(Cl)c2[nH]ccc2n1. The Balaban J connectivity index is 0.000000742. The van der Waals surface area contributed by atoms with Crippen molar-refractivity contribution in [2.24, 2.45) is 4.99 Å². The summed E-state index contributed by atoms with van der Waals surface area (Å²) in [5.74, 6) is 0.362. The number of H-pyrrole nitrogens is 1. The molecule has 19 heavy (non-hydrogen) atoms. The number of hydrogen-bond acceptors (Lipinski definition) is 3. The van der Waals surface area contributed by atoms with Gasteiger partial charge in [-0.25, -0.2) is 9.98 Å². The summed E-state index contributed by atoms with van der Waals surface area (Å²) in [6.07, 6.45) is 5.15. The number of aromatic nitrogens is 3. The largest absolute Gasteiger partial charge is 0.369 e. The number of aromatic amines is 1. The third-order valence-electron chi connectivity index (χ3n) is 1.75. The summed E-state index contributed by atoms with van der Waals surface area (Å²) in [5, 5.41) is 0.385. The van der Waals surface area contributed by atoms with Crippen LogP contribution in [-0.4, -0.2) is 40.3 Å². The van der Waals surface area contributed by atoms with Crippen LogP contribution in [-0.2, 0) is 0 Å². The Morgan fingerprint density at radius 3 is 2.63 bits per heavy atom. The fourth-order valence-corrected chi connectivity index (χ4v) is 1.35. The molecule has 0 spiro atoms. The maximum atomic E-state index is 5.95. The maximum Gasteiger partial charge on any atom is 0.252 e. The molecular formula is C13H20ClN5. The van der Waals surface area contributed by atoms with E-state index in [9.17, 15) is 0 Å². The third-order valence-corrected chi connectivity index (χ3v) is 2.03. The van der Waals surface area contributed by atoms with Gasteiger partial charge in [-0.2, -0.15) is 4.98 Å². The highest BCUT2D eigenvalue weighted by molar-refractivity contribution is 6.33. The van der Waals surface area contributed by atoms with Crippen LogP contribution in [0.5, 0.6) is 0 Å². The highest BCUT2D eigenvalue weighted by Gasteiger charge is 2.04. The molecule has 6 heteroatoms. The van der Waals surface area contributed by atoms with Crippen molar-refractivity contribution >= 4 is 34.9 Å². The molecule has 2 aromatic heterocycles. The number of rotatable bonds is 2. The van der Waals surface area contributed by atoms with Crippen molar-refractivity contribution in [3.8, 4) is 0 Å². The predicted octanol–water partition coefficient (Wildman–Crippen LogP) is 3.66. The summed E-state index contributed by atoms with van der Waals surface area (Å²) < 4.78 is 0. The van der Waals surface area contributed by atoms with Crippen molar-refractivity contribution in [1.29, 1.82) is 0 Å². The molecule has 0 bridgehead atoms. The standard InChI is InChI=1S/C9H10ClN5.C3H6.CH4/c1-15(2)5-12-9-13-6-3-4-11-7(6)8(10)14-9;1-3-2;/h3-5,11H,1-2H3;3H,1H2,2H3;1H4/b12-5+;;. The average Bonchev–Trinajstić information content (AvgIpc) is 2.76. The smallest absolute Gasteiger partial charge is 0.252 e. The molecule has 0 aliphatic rings.